The predicted octanol–water partition coefficient (Wildman–Crippen LogP) is 2.53. The molecule has 24 heavy (non-hydrogen) atoms. The van der Waals surface area contributed by atoms with Crippen molar-refractivity contribution >= 4 is 12.0 Å². The molecule has 0 spiro atoms. The fourth-order valence-electron chi connectivity index (χ4n) is 2.72. The molecular formula is C18H27N3O3. The molecule has 1 unspecified atom stereocenters. The van der Waals surface area contributed by atoms with Gasteiger partial charge in [0, 0.05) is 31.4 Å². The van der Waals surface area contributed by atoms with Gasteiger partial charge in [-0.25, -0.2) is 4.79 Å². The Bertz CT molecular complexity index is 554. The van der Waals surface area contributed by atoms with Crippen molar-refractivity contribution < 1.29 is 14.3 Å². The van der Waals surface area contributed by atoms with E-state index in [0.717, 1.165) is 18.5 Å². The van der Waals surface area contributed by atoms with E-state index < -0.39 is 17.7 Å². The maximum absolute atomic E-state index is 12.5. The second-order valence-electron chi connectivity index (χ2n) is 7.05. The van der Waals surface area contributed by atoms with Gasteiger partial charge >= 0.3 is 6.09 Å². The third-order valence-corrected chi connectivity index (χ3v) is 3.84. The molecule has 0 bridgehead atoms. The standard InChI is InChI=1S/C18H27N3O3/c1-18(2,3)24-17(23)21-13-7-5-9-15(21)16(22)20-12-10-14-8-4-6-11-19-14/h4,6,8,11,15H,5,7,9-10,12-13H2,1-3H3,(H,20,22). The van der Waals surface area contributed by atoms with Gasteiger partial charge < -0.3 is 10.1 Å². The van der Waals surface area contributed by atoms with Crippen molar-refractivity contribution in [2.45, 2.75) is 58.1 Å². The number of ether oxygens (including phenoxy) is 1. The lowest BCUT2D eigenvalue weighted by atomic mass is 10.0. The van der Waals surface area contributed by atoms with E-state index in [1.165, 1.54) is 0 Å². The minimum Gasteiger partial charge on any atom is -0.444 e. The van der Waals surface area contributed by atoms with E-state index in [-0.39, 0.29) is 5.91 Å². The van der Waals surface area contributed by atoms with Gasteiger partial charge in [0.2, 0.25) is 5.91 Å². The maximum Gasteiger partial charge on any atom is 0.410 e. The van der Waals surface area contributed by atoms with Crippen LogP contribution in [-0.4, -0.2) is 46.6 Å². The van der Waals surface area contributed by atoms with Crippen molar-refractivity contribution in [3.63, 3.8) is 0 Å². The molecule has 6 heteroatoms. The summed E-state index contributed by atoms with van der Waals surface area (Å²) in [5.74, 6) is -0.114. The molecule has 1 aromatic heterocycles. The Morgan fingerprint density at radius 2 is 2.12 bits per heavy atom. The minimum absolute atomic E-state index is 0.114. The molecule has 0 radical (unpaired) electrons. The van der Waals surface area contributed by atoms with Crippen molar-refractivity contribution in [3.8, 4) is 0 Å². The molecule has 1 saturated heterocycles. The topological polar surface area (TPSA) is 71.5 Å². The molecule has 2 heterocycles. The van der Waals surface area contributed by atoms with Gasteiger partial charge in [-0.1, -0.05) is 6.07 Å². The van der Waals surface area contributed by atoms with Crippen molar-refractivity contribution in [3.05, 3.63) is 30.1 Å². The highest BCUT2D eigenvalue weighted by Gasteiger charge is 2.34. The number of nitrogens with zero attached hydrogens (tertiary/aromatic N) is 2. The van der Waals surface area contributed by atoms with Crippen LogP contribution in [0.4, 0.5) is 4.79 Å². The first-order valence-corrected chi connectivity index (χ1v) is 8.54. The highest BCUT2D eigenvalue weighted by Crippen LogP contribution is 2.20. The minimum atomic E-state index is -0.561. The second-order valence-corrected chi connectivity index (χ2v) is 7.05. The van der Waals surface area contributed by atoms with Gasteiger partial charge in [-0.3, -0.25) is 14.7 Å². The molecule has 132 valence electrons. The lowest BCUT2D eigenvalue weighted by Gasteiger charge is -2.35. The average molecular weight is 333 g/mol. The summed E-state index contributed by atoms with van der Waals surface area (Å²) in [5.41, 5.74) is 0.375. The van der Waals surface area contributed by atoms with Crippen LogP contribution in [0.15, 0.2) is 24.4 Å². The molecular weight excluding hydrogens is 306 g/mol. The summed E-state index contributed by atoms with van der Waals surface area (Å²) in [7, 11) is 0. The number of amides is 2. The Hall–Kier alpha value is -2.11. The molecule has 1 aromatic rings. The average Bonchev–Trinajstić information content (AvgIpc) is 2.54. The van der Waals surface area contributed by atoms with Crippen molar-refractivity contribution in [1.29, 1.82) is 0 Å². The van der Waals surface area contributed by atoms with Crippen LogP contribution < -0.4 is 5.32 Å². The van der Waals surface area contributed by atoms with E-state index in [1.54, 1.807) is 11.1 Å². The van der Waals surface area contributed by atoms with Gasteiger partial charge in [0.1, 0.15) is 11.6 Å². The zero-order valence-corrected chi connectivity index (χ0v) is 14.7. The van der Waals surface area contributed by atoms with Gasteiger partial charge in [0.15, 0.2) is 0 Å². The first kappa shape index (κ1) is 18.2. The van der Waals surface area contributed by atoms with Gasteiger partial charge in [0.25, 0.3) is 0 Å². The number of carbonyl (C=O) groups is 2. The van der Waals surface area contributed by atoms with E-state index in [1.807, 2.05) is 39.0 Å². The van der Waals surface area contributed by atoms with Crippen LogP contribution >= 0.6 is 0 Å². The highest BCUT2D eigenvalue weighted by molar-refractivity contribution is 5.85. The fraction of sp³-hybridized carbons (Fsp3) is 0.611. The number of pyridine rings is 1. The van der Waals surface area contributed by atoms with Gasteiger partial charge in [-0.2, -0.15) is 0 Å². The third-order valence-electron chi connectivity index (χ3n) is 3.84. The molecule has 1 atom stereocenters. The summed E-state index contributed by atoms with van der Waals surface area (Å²) in [6.07, 6.45) is 4.52. The number of piperidine rings is 1. The summed E-state index contributed by atoms with van der Waals surface area (Å²) >= 11 is 0. The molecule has 6 nitrogen and oxygen atoms in total. The quantitative estimate of drug-likeness (QED) is 0.919. The largest absolute Gasteiger partial charge is 0.444 e. The number of aromatic nitrogens is 1. The second kappa shape index (κ2) is 8.13. The number of hydrogen-bond donors (Lipinski definition) is 1. The van der Waals surface area contributed by atoms with E-state index in [9.17, 15) is 9.59 Å². The number of rotatable bonds is 4. The van der Waals surface area contributed by atoms with Crippen LogP contribution in [0.1, 0.15) is 45.7 Å². The van der Waals surface area contributed by atoms with Crippen molar-refractivity contribution in [2.24, 2.45) is 0 Å². The Morgan fingerprint density at radius 1 is 1.33 bits per heavy atom. The van der Waals surface area contributed by atoms with E-state index >= 15 is 0 Å². The zero-order valence-electron chi connectivity index (χ0n) is 14.7. The third kappa shape index (κ3) is 5.51. The van der Waals surface area contributed by atoms with Gasteiger partial charge in [-0.05, 0) is 52.2 Å². The molecule has 1 aliphatic heterocycles. The summed E-state index contributed by atoms with van der Waals surface area (Å²) < 4.78 is 5.43. The molecule has 2 rings (SSSR count). The summed E-state index contributed by atoms with van der Waals surface area (Å²) in [6.45, 7) is 6.56. The monoisotopic (exact) mass is 333 g/mol. The van der Waals surface area contributed by atoms with Crippen LogP contribution in [0, 0.1) is 0 Å². The van der Waals surface area contributed by atoms with Crippen LogP contribution in [-0.2, 0) is 16.0 Å². The first-order valence-electron chi connectivity index (χ1n) is 8.54. The molecule has 1 fully saturated rings. The van der Waals surface area contributed by atoms with Crippen molar-refractivity contribution in [1.82, 2.24) is 15.2 Å². The number of nitrogens with one attached hydrogen (secondary N) is 1. The maximum atomic E-state index is 12.5. The predicted molar refractivity (Wildman–Crippen MR) is 91.5 cm³/mol. The molecule has 0 aromatic carbocycles. The summed E-state index contributed by atoms with van der Waals surface area (Å²) in [5, 5.41) is 2.92. The van der Waals surface area contributed by atoms with Crippen LogP contribution in [0.3, 0.4) is 0 Å². The first-order chi connectivity index (χ1) is 11.4. The molecule has 0 saturated carbocycles. The number of hydrogen-bond acceptors (Lipinski definition) is 4. The van der Waals surface area contributed by atoms with E-state index in [2.05, 4.69) is 10.3 Å². The lowest BCUT2D eigenvalue weighted by molar-refractivity contribution is -0.127. The fourth-order valence-corrected chi connectivity index (χ4v) is 2.72. The summed E-state index contributed by atoms with van der Waals surface area (Å²) in [4.78, 5) is 30.6. The Morgan fingerprint density at radius 3 is 2.79 bits per heavy atom. The van der Waals surface area contributed by atoms with E-state index in [4.69, 9.17) is 4.74 Å². The zero-order chi connectivity index (χ0) is 17.6. The van der Waals surface area contributed by atoms with Gasteiger partial charge in [-0.15, -0.1) is 0 Å². The Labute approximate surface area is 143 Å². The summed E-state index contributed by atoms with van der Waals surface area (Å²) in [6, 6.07) is 5.27. The molecule has 1 N–H and O–H groups in total. The molecule has 2 amide bonds. The van der Waals surface area contributed by atoms with Crippen LogP contribution in [0.25, 0.3) is 0 Å². The van der Waals surface area contributed by atoms with Gasteiger partial charge in [0.05, 0.1) is 0 Å². The Kier molecular flexibility index (Phi) is 6.17. The van der Waals surface area contributed by atoms with Crippen LogP contribution in [0.2, 0.25) is 0 Å². The SMILES string of the molecule is CC(C)(C)OC(=O)N1CCCCC1C(=O)NCCc1ccccn1. The Balaban J connectivity index is 1.89. The number of likely N-dealkylation sites (tertiary alicyclic amines) is 1. The highest BCUT2D eigenvalue weighted by atomic mass is 16.6. The number of carbonyl (C=O) groups excluding carboxylic acids is 2. The molecule has 0 aliphatic carbocycles. The van der Waals surface area contributed by atoms with E-state index in [0.29, 0.717) is 25.9 Å². The lowest BCUT2D eigenvalue weighted by Crippen LogP contribution is -2.53. The van der Waals surface area contributed by atoms with Crippen LogP contribution in [0.5, 0.6) is 0 Å². The smallest absolute Gasteiger partial charge is 0.410 e. The normalized spacial score (nSPS) is 18.1. The van der Waals surface area contributed by atoms with Crippen molar-refractivity contribution in [2.75, 3.05) is 13.1 Å². The molecule has 1 aliphatic rings.